The van der Waals surface area contributed by atoms with Gasteiger partial charge in [0.15, 0.2) is 0 Å². The van der Waals surface area contributed by atoms with E-state index in [1.807, 2.05) is 36.4 Å². The molecular weight excluding hydrogens is 427 g/mol. The first-order valence-electron chi connectivity index (χ1n) is 10.4. The molecule has 0 atom stereocenters. The van der Waals surface area contributed by atoms with Gasteiger partial charge in [-0.05, 0) is 79.2 Å². The lowest BCUT2D eigenvalue weighted by atomic mass is 10.2. The van der Waals surface area contributed by atoms with E-state index in [0.717, 1.165) is 29.2 Å². The smallest absolute Gasteiger partial charge is 0.255 e. The molecule has 0 aliphatic carbocycles. The Morgan fingerprint density at radius 3 is 2.16 bits per heavy atom. The topological polar surface area (TPSA) is 67.4 Å². The number of ether oxygens (including phenoxy) is 1. The van der Waals surface area contributed by atoms with Crippen molar-refractivity contribution in [1.29, 1.82) is 0 Å². The fourth-order valence-electron chi connectivity index (χ4n) is 2.75. The average Bonchev–Trinajstić information content (AvgIpc) is 2.80. The third-order valence-electron chi connectivity index (χ3n) is 4.49. The number of carbonyl (C=O) groups excluding carboxylic acids is 2. The molecule has 0 spiro atoms. The molecule has 0 radical (unpaired) electrons. The largest absolute Gasteiger partial charge is 0.494 e. The van der Waals surface area contributed by atoms with Crippen molar-refractivity contribution >= 4 is 35.0 Å². The van der Waals surface area contributed by atoms with Gasteiger partial charge in [-0.3, -0.25) is 9.59 Å². The summed E-state index contributed by atoms with van der Waals surface area (Å²) in [7, 11) is 0. The number of unbranched alkanes of at least 4 members (excludes halogenated alkanes) is 1. The third-order valence-corrected chi connectivity index (χ3v) is 5.51. The molecule has 2 amide bonds. The van der Waals surface area contributed by atoms with Gasteiger partial charge in [0.25, 0.3) is 5.91 Å². The molecule has 2 N–H and O–H groups in total. The summed E-state index contributed by atoms with van der Waals surface area (Å²) in [6.45, 7) is 2.80. The summed E-state index contributed by atoms with van der Waals surface area (Å²) in [5, 5.41) is 5.63. The van der Waals surface area contributed by atoms with E-state index < -0.39 is 0 Å². The maximum Gasteiger partial charge on any atom is 0.255 e. The monoisotopic (exact) mass is 452 g/mol. The van der Waals surface area contributed by atoms with E-state index in [2.05, 4.69) is 17.6 Å². The van der Waals surface area contributed by atoms with E-state index in [1.54, 1.807) is 12.1 Å². The van der Waals surface area contributed by atoms with Crippen molar-refractivity contribution < 1.29 is 18.7 Å². The summed E-state index contributed by atoms with van der Waals surface area (Å²) >= 11 is 1.40. The Morgan fingerprint density at radius 1 is 0.875 bits per heavy atom. The highest BCUT2D eigenvalue weighted by molar-refractivity contribution is 8.00. The van der Waals surface area contributed by atoms with Crippen LogP contribution in [0.1, 0.15) is 30.1 Å². The molecule has 0 aromatic heterocycles. The maximum absolute atomic E-state index is 13.0. The maximum atomic E-state index is 13.0. The first kappa shape index (κ1) is 23.3. The van der Waals surface area contributed by atoms with E-state index in [0.29, 0.717) is 17.9 Å². The number of carbonyl (C=O) groups is 2. The predicted molar refractivity (Wildman–Crippen MR) is 127 cm³/mol. The number of anilines is 2. The minimum atomic E-state index is -0.389. The van der Waals surface area contributed by atoms with Crippen molar-refractivity contribution in [2.75, 3.05) is 23.0 Å². The highest BCUT2D eigenvalue weighted by Gasteiger charge is 2.08. The van der Waals surface area contributed by atoms with E-state index in [4.69, 9.17) is 4.74 Å². The zero-order valence-corrected chi connectivity index (χ0v) is 18.6. The minimum Gasteiger partial charge on any atom is -0.494 e. The molecule has 5 nitrogen and oxygen atoms in total. The summed E-state index contributed by atoms with van der Waals surface area (Å²) in [6, 6.07) is 19.9. The highest BCUT2D eigenvalue weighted by Crippen LogP contribution is 2.22. The summed E-state index contributed by atoms with van der Waals surface area (Å²) in [5.74, 6) is 0.239. The van der Waals surface area contributed by atoms with Gasteiger partial charge in [0.2, 0.25) is 5.91 Å². The summed E-state index contributed by atoms with van der Waals surface area (Å²) < 4.78 is 18.6. The SMILES string of the molecule is CCCCOc1ccc(NC(=O)CSc2ccc(NC(=O)c3ccc(F)cc3)cc2)cc1. The summed E-state index contributed by atoms with van der Waals surface area (Å²) in [5.41, 5.74) is 1.72. The molecule has 0 aliphatic rings. The van der Waals surface area contributed by atoms with E-state index >= 15 is 0 Å². The molecule has 3 rings (SSSR count). The first-order valence-corrected chi connectivity index (χ1v) is 11.3. The number of rotatable bonds is 10. The van der Waals surface area contributed by atoms with Crippen molar-refractivity contribution in [3.05, 3.63) is 84.2 Å². The number of halogens is 1. The van der Waals surface area contributed by atoms with Crippen molar-refractivity contribution in [2.24, 2.45) is 0 Å². The molecule has 0 aliphatic heterocycles. The molecule has 7 heteroatoms. The van der Waals surface area contributed by atoms with E-state index in [-0.39, 0.29) is 23.4 Å². The van der Waals surface area contributed by atoms with Crippen LogP contribution in [0.2, 0.25) is 0 Å². The van der Waals surface area contributed by atoms with Gasteiger partial charge < -0.3 is 15.4 Å². The second-order valence-corrected chi connectivity index (χ2v) is 8.10. The van der Waals surface area contributed by atoms with Crippen LogP contribution in [-0.4, -0.2) is 24.2 Å². The molecule has 0 saturated carbocycles. The number of thioether (sulfide) groups is 1. The fraction of sp³-hybridized carbons (Fsp3) is 0.200. The standard InChI is InChI=1S/C25H25FN2O3S/c1-2-3-16-31-22-12-8-20(9-13-22)27-24(29)17-32-23-14-10-21(11-15-23)28-25(30)18-4-6-19(26)7-5-18/h4-15H,2-3,16-17H2,1H3,(H,27,29)(H,28,30). The lowest BCUT2D eigenvalue weighted by Gasteiger charge is -2.09. The van der Waals surface area contributed by atoms with Crippen molar-refractivity contribution in [3.63, 3.8) is 0 Å². The van der Waals surface area contributed by atoms with Gasteiger partial charge in [0.1, 0.15) is 11.6 Å². The number of benzene rings is 3. The number of hydrogen-bond donors (Lipinski definition) is 2. The first-order chi connectivity index (χ1) is 15.5. The van der Waals surface area contributed by atoms with Crippen LogP contribution in [0.3, 0.4) is 0 Å². The minimum absolute atomic E-state index is 0.108. The highest BCUT2D eigenvalue weighted by atomic mass is 32.2. The molecule has 0 fully saturated rings. The Bertz CT molecular complexity index is 1020. The molecule has 0 heterocycles. The zero-order valence-electron chi connectivity index (χ0n) is 17.8. The van der Waals surface area contributed by atoms with Gasteiger partial charge >= 0.3 is 0 Å². The second-order valence-electron chi connectivity index (χ2n) is 7.05. The Balaban J connectivity index is 1.43. The van der Waals surface area contributed by atoms with Crippen molar-refractivity contribution in [1.82, 2.24) is 0 Å². The van der Waals surface area contributed by atoms with Gasteiger partial charge in [-0.25, -0.2) is 4.39 Å². The van der Waals surface area contributed by atoms with Gasteiger partial charge in [-0.1, -0.05) is 13.3 Å². The molecule has 0 saturated heterocycles. The van der Waals surface area contributed by atoms with Crippen LogP contribution < -0.4 is 15.4 Å². The third kappa shape index (κ3) is 7.42. The van der Waals surface area contributed by atoms with Gasteiger partial charge in [0.05, 0.1) is 12.4 Å². The summed E-state index contributed by atoms with van der Waals surface area (Å²) in [4.78, 5) is 25.3. The normalized spacial score (nSPS) is 10.4. The lowest BCUT2D eigenvalue weighted by Crippen LogP contribution is -2.14. The molecule has 3 aromatic rings. The number of amides is 2. The second kappa shape index (κ2) is 11.9. The van der Waals surface area contributed by atoms with Gasteiger partial charge in [-0.2, -0.15) is 0 Å². The van der Waals surface area contributed by atoms with Crippen LogP contribution >= 0.6 is 11.8 Å². The van der Waals surface area contributed by atoms with Crippen molar-refractivity contribution in [2.45, 2.75) is 24.7 Å². The Hall–Kier alpha value is -3.32. The van der Waals surface area contributed by atoms with Crippen LogP contribution in [0.4, 0.5) is 15.8 Å². The zero-order chi connectivity index (χ0) is 22.8. The van der Waals surface area contributed by atoms with E-state index in [1.165, 1.54) is 36.0 Å². The number of hydrogen-bond acceptors (Lipinski definition) is 4. The molecule has 32 heavy (non-hydrogen) atoms. The molecule has 166 valence electrons. The lowest BCUT2D eigenvalue weighted by molar-refractivity contribution is -0.113. The molecule has 0 unspecified atom stereocenters. The Labute approximate surface area is 191 Å². The van der Waals surface area contributed by atoms with Crippen molar-refractivity contribution in [3.8, 4) is 5.75 Å². The molecular formula is C25H25FN2O3S. The van der Waals surface area contributed by atoms with Gasteiger partial charge in [-0.15, -0.1) is 11.8 Å². The summed E-state index contributed by atoms with van der Waals surface area (Å²) in [6.07, 6.45) is 2.09. The van der Waals surface area contributed by atoms with Crippen LogP contribution in [0, 0.1) is 5.82 Å². The van der Waals surface area contributed by atoms with E-state index in [9.17, 15) is 14.0 Å². The van der Waals surface area contributed by atoms with Crippen LogP contribution in [0.25, 0.3) is 0 Å². The quantitative estimate of drug-likeness (QED) is 0.293. The average molecular weight is 453 g/mol. The molecule has 3 aromatic carbocycles. The Morgan fingerprint density at radius 2 is 1.50 bits per heavy atom. The Kier molecular flexibility index (Phi) is 8.69. The van der Waals surface area contributed by atoms with Crippen LogP contribution in [0.5, 0.6) is 5.75 Å². The van der Waals surface area contributed by atoms with Crippen LogP contribution in [0.15, 0.2) is 77.7 Å². The van der Waals surface area contributed by atoms with Crippen LogP contribution in [-0.2, 0) is 4.79 Å². The fourth-order valence-corrected chi connectivity index (χ4v) is 3.45. The predicted octanol–water partition coefficient (Wildman–Crippen LogP) is 5.99. The van der Waals surface area contributed by atoms with Gasteiger partial charge in [0, 0.05) is 21.8 Å². The number of nitrogens with one attached hydrogen (secondary N) is 2. The molecule has 0 bridgehead atoms.